The van der Waals surface area contributed by atoms with Crippen LogP contribution >= 0.6 is 11.8 Å². The Labute approximate surface area is 162 Å². The van der Waals surface area contributed by atoms with Crippen molar-refractivity contribution < 1.29 is 33.7 Å². The number of carboxylic acids is 1. The highest BCUT2D eigenvalue weighted by Crippen LogP contribution is 2.28. The molecule has 27 heavy (non-hydrogen) atoms. The van der Waals surface area contributed by atoms with Gasteiger partial charge in [0.15, 0.2) is 17.3 Å². The maximum Gasteiger partial charge on any atom is 0.408 e. The number of alkyl carbamates (subject to hydrolysis) is 1. The summed E-state index contributed by atoms with van der Waals surface area (Å²) in [7, 11) is 2.97. The predicted octanol–water partition coefficient (Wildman–Crippen LogP) is 2.60. The van der Waals surface area contributed by atoms with E-state index in [1.165, 1.54) is 14.2 Å². The van der Waals surface area contributed by atoms with E-state index in [4.69, 9.17) is 14.2 Å². The Kier molecular flexibility index (Phi) is 8.42. The third-order valence-corrected chi connectivity index (χ3v) is 4.25. The van der Waals surface area contributed by atoms with Gasteiger partial charge < -0.3 is 24.6 Å². The maximum atomic E-state index is 12.3. The Morgan fingerprint density at radius 2 is 1.78 bits per heavy atom. The standard InChI is InChI=1S/C18H25NO7S/c1-18(2,3)26-17(23)19-12(16(21)22)9-27-10-13(20)11-6-7-14(24-4)15(8-11)25-5/h6-8,12H,9-10H2,1-5H3,(H,19,23)(H,21,22). The zero-order valence-electron chi connectivity index (χ0n) is 16.0. The molecule has 0 fully saturated rings. The second kappa shape index (κ2) is 10.1. The van der Waals surface area contributed by atoms with E-state index >= 15 is 0 Å². The summed E-state index contributed by atoms with van der Waals surface area (Å²) in [6.45, 7) is 5.04. The van der Waals surface area contributed by atoms with Crippen LogP contribution < -0.4 is 14.8 Å². The molecule has 0 radical (unpaired) electrons. The first-order chi connectivity index (χ1) is 12.6. The van der Waals surface area contributed by atoms with Crippen LogP contribution in [0.5, 0.6) is 11.5 Å². The van der Waals surface area contributed by atoms with E-state index in [9.17, 15) is 19.5 Å². The minimum Gasteiger partial charge on any atom is -0.493 e. The molecule has 8 nitrogen and oxygen atoms in total. The van der Waals surface area contributed by atoms with E-state index in [0.717, 1.165) is 11.8 Å². The van der Waals surface area contributed by atoms with Crippen molar-refractivity contribution in [2.24, 2.45) is 0 Å². The fourth-order valence-corrected chi connectivity index (χ4v) is 2.92. The highest BCUT2D eigenvalue weighted by atomic mass is 32.2. The zero-order valence-corrected chi connectivity index (χ0v) is 16.8. The van der Waals surface area contributed by atoms with Gasteiger partial charge in [-0.25, -0.2) is 9.59 Å². The number of hydrogen-bond donors (Lipinski definition) is 2. The first-order valence-electron chi connectivity index (χ1n) is 8.12. The lowest BCUT2D eigenvalue weighted by atomic mass is 10.1. The van der Waals surface area contributed by atoms with Gasteiger partial charge in [0.25, 0.3) is 0 Å². The number of nitrogens with one attached hydrogen (secondary N) is 1. The molecule has 9 heteroatoms. The van der Waals surface area contributed by atoms with E-state index in [-0.39, 0.29) is 17.3 Å². The van der Waals surface area contributed by atoms with Crippen LogP contribution in [0.3, 0.4) is 0 Å². The molecule has 0 aliphatic carbocycles. The number of carboxylic acid groups (broad SMARTS) is 1. The maximum absolute atomic E-state index is 12.3. The number of amides is 1. The minimum atomic E-state index is -1.20. The second-order valence-electron chi connectivity index (χ2n) is 6.55. The molecule has 0 heterocycles. The SMILES string of the molecule is COc1ccc(C(=O)CSCC(NC(=O)OC(C)(C)C)C(=O)O)cc1OC. The van der Waals surface area contributed by atoms with Crippen LogP contribution in [0.25, 0.3) is 0 Å². The van der Waals surface area contributed by atoms with Gasteiger partial charge >= 0.3 is 12.1 Å². The molecule has 2 N–H and O–H groups in total. The normalized spacial score (nSPS) is 12.0. The molecule has 0 aliphatic heterocycles. The molecule has 0 spiro atoms. The lowest BCUT2D eigenvalue weighted by molar-refractivity contribution is -0.138. The second-order valence-corrected chi connectivity index (χ2v) is 7.58. The molecule has 1 amide bonds. The molecule has 0 aliphatic rings. The summed E-state index contributed by atoms with van der Waals surface area (Å²) in [6, 6.07) is 3.64. The number of hydrogen-bond acceptors (Lipinski definition) is 7. The van der Waals surface area contributed by atoms with E-state index in [2.05, 4.69) is 5.32 Å². The first-order valence-corrected chi connectivity index (χ1v) is 9.28. The summed E-state index contributed by atoms with van der Waals surface area (Å²) in [5.74, 6) is -0.380. The Morgan fingerprint density at radius 1 is 1.15 bits per heavy atom. The number of methoxy groups -OCH3 is 2. The van der Waals surface area contributed by atoms with Crippen molar-refractivity contribution in [3.8, 4) is 11.5 Å². The van der Waals surface area contributed by atoms with E-state index in [1.807, 2.05) is 0 Å². The summed E-state index contributed by atoms with van der Waals surface area (Å²) < 4.78 is 15.3. The zero-order chi connectivity index (χ0) is 20.6. The van der Waals surface area contributed by atoms with Crippen molar-refractivity contribution in [3.05, 3.63) is 23.8 Å². The lowest BCUT2D eigenvalue weighted by Gasteiger charge is -2.21. The van der Waals surface area contributed by atoms with Gasteiger partial charge in [-0.2, -0.15) is 11.8 Å². The van der Waals surface area contributed by atoms with Crippen molar-refractivity contribution >= 4 is 29.6 Å². The fraction of sp³-hybridized carbons (Fsp3) is 0.500. The fourth-order valence-electron chi connectivity index (χ4n) is 1.99. The van der Waals surface area contributed by atoms with Gasteiger partial charge in [-0.1, -0.05) is 0 Å². The Morgan fingerprint density at radius 3 is 2.30 bits per heavy atom. The highest BCUT2D eigenvalue weighted by molar-refractivity contribution is 8.00. The van der Waals surface area contributed by atoms with Gasteiger partial charge in [0.1, 0.15) is 11.6 Å². The minimum absolute atomic E-state index is 0.0214. The van der Waals surface area contributed by atoms with Crippen LogP contribution in [-0.4, -0.2) is 60.3 Å². The Hall–Kier alpha value is -2.42. The van der Waals surface area contributed by atoms with Gasteiger partial charge in [-0.05, 0) is 39.0 Å². The smallest absolute Gasteiger partial charge is 0.408 e. The quantitative estimate of drug-likeness (QED) is 0.610. The molecule has 0 saturated carbocycles. The monoisotopic (exact) mass is 399 g/mol. The molecule has 1 unspecified atom stereocenters. The average molecular weight is 399 g/mol. The van der Waals surface area contributed by atoms with Crippen molar-refractivity contribution in [1.82, 2.24) is 5.32 Å². The van der Waals surface area contributed by atoms with Crippen molar-refractivity contribution in [1.29, 1.82) is 0 Å². The number of carbonyl (C=O) groups excluding carboxylic acids is 2. The summed E-state index contributed by atoms with van der Waals surface area (Å²) in [4.78, 5) is 35.3. The number of rotatable bonds is 9. The van der Waals surface area contributed by atoms with Gasteiger partial charge in [-0.15, -0.1) is 0 Å². The molecule has 1 aromatic rings. The van der Waals surface area contributed by atoms with E-state index < -0.39 is 23.7 Å². The number of carbonyl (C=O) groups is 3. The van der Waals surface area contributed by atoms with Gasteiger partial charge in [-0.3, -0.25) is 4.79 Å². The van der Waals surface area contributed by atoms with Crippen LogP contribution in [0.15, 0.2) is 18.2 Å². The number of ketones is 1. The molecule has 0 bridgehead atoms. The Balaban J connectivity index is 2.61. The van der Waals surface area contributed by atoms with Crippen LogP contribution in [0.4, 0.5) is 4.79 Å². The van der Waals surface area contributed by atoms with Crippen LogP contribution in [-0.2, 0) is 9.53 Å². The molecular weight excluding hydrogens is 374 g/mol. The number of aliphatic carboxylic acids is 1. The number of Topliss-reactive ketones (excluding diaryl/α,β-unsaturated/α-hetero) is 1. The molecule has 150 valence electrons. The lowest BCUT2D eigenvalue weighted by Crippen LogP contribution is -2.45. The number of thioether (sulfide) groups is 1. The summed E-state index contributed by atoms with van der Waals surface area (Å²) in [6.07, 6.45) is -0.818. The van der Waals surface area contributed by atoms with Gasteiger partial charge in [0.05, 0.1) is 20.0 Å². The third kappa shape index (κ3) is 7.78. The van der Waals surface area contributed by atoms with Crippen LogP contribution in [0.1, 0.15) is 31.1 Å². The molecule has 1 rings (SSSR count). The van der Waals surface area contributed by atoms with Crippen molar-refractivity contribution in [2.75, 3.05) is 25.7 Å². The summed E-state index contributed by atoms with van der Waals surface area (Å²) in [5.41, 5.74) is -0.309. The average Bonchev–Trinajstić information content (AvgIpc) is 2.58. The van der Waals surface area contributed by atoms with E-state index in [1.54, 1.807) is 39.0 Å². The third-order valence-electron chi connectivity index (χ3n) is 3.21. The van der Waals surface area contributed by atoms with E-state index in [0.29, 0.717) is 17.1 Å². The van der Waals surface area contributed by atoms with Crippen LogP contribution in [0, 0.1) is 0 Å². The first kappa shape index (κ1) is 22.6. The van der Waals surface area contributed by atoms with Gasteiger partial charge in [0, 0.05) is 11.3 Å². The Bertz CT molecular complexity index is 685. The molecule has 1 atom stereocenters. The van der Waals surface area contributed by atoms with Gasteiger partial charge in [0.2, 0.25) is 0 Å². The molecule has 0 saturated heterocycles. The number of ether oxygens (including phenoxy) is 3. The summed E-state index contributed by atoms with van der Waals surface area (Å²) >= 11 is 1.10. The predicted molar refractivity (Wildman–Crippen MR) is 102 cm³/mol. The topological polar surface area (TPSA) is 111 Å². The molecule has 0 aromatic heterocycles. The molecule has 1 aromatic carbocycles. The van der Waals surface area contributed by atoms with Crippen molar-refractivity contribution in [2.45, 2.75) is 32.4 Å². The number of benzene rings is 1. The summed E-state index contributed by atoms with van der Waals surface area (Å²) in [5, 5.41) is 11.5. The molecular formula is C18H25NO7S. The highest BCUT2D eigenvalue weighted by Gasteiger charge is 2.24. The van der Waals surface area contributed by atoms with Crippen LogP contribution in [0.2, 0.25) is 0 Å². The van der Waals surface area contributed by atoms with Crippen molar-refractivity contribution in [3.63, 3.8) is 0 Å². The largest absolute Gasteiger partial charge is 0.493 e.